The van der Waals surface area contributed by atoms with Crippen LogP contribution in [0.25, 0.3) is 11.0 Å². The van der Waals surface area contributed by atoms with Gasteiger partial charge in [-0.2, -0.15) is 0 Å². The van der Waals surface area contributed by atoms with Gasteiger partial charge in [0.1, 0.15) is 0 Å². The lowest BCUT2D eigenvalue weighted by atomic mass is 9.91. The Bertz CT molecular complexity index is 1080. The highest BCUT2D eigenvalue weighted by Gasteiger charge is 2.17. The van der Waals surface area contributed by atoms with Crippen molar-refractivity contribution in [2.24, 2.45) is 0 Å². The van der Waals surface area contributed by atoms with Gasteiger partial charge in [0.05, 0.1) is 15.9 Å². The minimum absolute atomic E-state index is 0.114. The lowest BCUT2D eigenvalue weighted by Gasteiger charge is -2.17. The third-order valence-electron chi connectivity index (χ3n) is 4.40. The number of anilines is 1. The minimum Gasteiger partial charge on any atom is -0.306 e. The first-order valence-corrected chi connectivity index (χ1v) is 9.36. The van der Waals surface area contributed by atoms with Crippen LogP contribution >= 0.6 is 0 Å². The van der Waals surface area contributed by atoms with Crippen molar-refractivity contribution in [1.82, 2.24) is 9.97 Å². The van der Waals surface area contributed by atoms with Crippen molar-refractivity contribution in [3.63, 3.8) is 0 Å². The highest BCUT2D eigenvalue weighted by Crippen LogP contribution is 2.26. The molecule has 0 amide bonds. The summed E-state index contributed by atoms with van der Waals surface area (Å²) < 4.78 is 27.8. The Kier molecular flexibility index (Phi) is 3.45. The highest BCUT2D eigenvalue weighted by atomic mass is 32.2. The van der Waals surface area contributed by atoms with Crippen LogP contribution < -0.4 is 10.4 Å². The molecular weight excluding hydrogens is 326 g/mol. The molecule has 0 unspecified atom stereocenters. The maximum Gasteiger partial charge on any atom is 0.323 e. The SMILES string of the molecule is O=c1[nH]c2ccc(S(=O)(=O)Nc3ccc4c(c3)CCCC4)cc2[nH]1. The number of H-pyrrole nitrogens is 2. The first-order chi connectivity index (χ1) is 11.5. The van der Waals surface area contributed by atoms with Gasteiger partial charge in [0.2, 0.25) is 0 Å². The summed E-state index contributed by atoms with van der Waals surface area (Å²) in [5.41, 5.74) is 3.77. The topological polar surface area (TPSA) is 94.8 Å². The zero-order valence-corrected chi connectivity index (χ0v) is 13.7. The van der Waals surface area contributed by atoms with Gasteiger partial charge in [0.15, 0.2) is 0 Å². The molecule has 1 aliphatic rings. The van der Waals surface area contributed by atoms with E-state index in [0.717, 1.165) is 19.3 Å². The van der Waals surface area contributed by atoms with E-state index in [1.807, 2.05) is 12.1 Å². The maximum atomic E-state index is 12.6. The normalized spacial score (nSPS) is 14.5. The first kappa shape index (κ1) is 15.0. The Balaban J connectivity index is 1.67. The highest BCUT2D eigenvalue weighted by molar-refractivity contribution is 7.92. The minimum atomic E-state index is -3.71. The number of nitrogens with one attached hydrogen (secondary N) is 3. The van der Waals surface area contributed by atoms with E-state index in [-0.39, 0.29) is 10.6 Å². The largest absolute Gasteiger partial charge is 0.323 e. The lowest BCUT2D eigenvalue weighted by Crippen LogP contribution is -2.13. The lowest BCUT2D eigenvalue weighted by molar-refractivity contribution is 0.601. The second-order valence-corrected chi connectivity index (χ2v) is 7.77. The van der Waals surface area contributed by atoms with Gasteiger partial charge in [-0.05, 0) is 67.1 Å². The fraction of sp³-hybridized carbons (Fsp3) is 0.235. The molecule has 0 saturated heterocycles. The van der Waals surface area contributed by atoms with Crippen molar-refractivity contribution in [2.75, 3.05) is 4.72 Å². The van der Waals surface area contributed by atoms with E-state index in [9.17, 15) is 13.2 Å². The van der Waals surface area contributed by atoms with Gasteiger partial charge in [-0.25, -0.2) is 13.2 Å². The van der Waals surface area contributed by atoms with Crippen LogP contribution in [0.5, 0.6) is 0 Å². The molecule has 0 fully saturated rings. The summed E-state index contributed by atoms with van der Waals surface area (Å²) in [5.74, 6) is 0. The van der Waals surface area contributed by atoms with Crippen molar-refractivity contribution in [1.29, 1.82) is 0 Å². The standard InChI is InChI=1S/C17H17N3O3S/c21-17-18-15-8-7-14(10-16(15)19-17)24(22,23)20-13-6-5-11-3-1-2-4-12(11)9-13/h5-10,20H,1-4H2,(H2,18,19,21). The number of hydrogen-bond acceptors (Lipinski definition) is 3. The molecule has 1 aliphatic carbocycles. The number of aromatic nitrogens is 2. The molecule has 4 rings (SSSR count). The molecule has 0 saturated carbocycles. The van der Waals surface area contributed by atoms with Crippen molar-refractivity contribution in [3.05, 3.63) is 58.0 Å². The number of fused-ring (bicyclic) bond motifs is 2. The molecule has 3 aromatic rings. The summed E-state index contributed by atoms with van der Waals surface area (Å²) in [4.78, 5) is 16.6. The van der Waals surface area contributed by atoms with E-state index in [1.165, 1.54) is 29.7 Å². The van der Waals surface area contributed by atoms with E-state index >= 15 is 0 Å². The molecule has 124 valence electrons. The van der Waals surface area contributed by atoms with Crippen molar-refractivity contribution >= 4 is 26.7 Å². The van der Waals surface area contributed by atoms with Crippen LogP contribution in [-0.2, 0) is 22.9 Å². The molecule has 1 aromatic heterocycles. The van der Waals surface area contributed by atoms with Gasteiger partial charge in [0.25, 0.3) is 10.0 Å². The molecule has 0 radical (unpaired) electrons. The van der Waals surface area contributed by atoms with Gasteiger partial charge in [0, 0.05) is 5.69 Å². The monoisotopic (exact) mass is 343 g/mol. The van der Waals surface area contributed by atoms with Crippen LogP contribution in [0, 0.1) is 0 Å². The van der Waals surface area contributed by atoms with Gasteiger partial charge >= 0.3 is 5.69 Å². The summed E-state index contributed by atoms with van der Waals surface area (Å²) in [5, 5.41) is 0. The van der Waals surface area contributed by atoms with Crippen LogP contribution in [0.3, 0.4) is 0 Å². The second-order valence-electron chi connectivity index (χ2n) is 6.08. The Morgan fingerprint density at radius 1 is 0.875 bits per heavy atom. The van der Waals surface area contributed by atoms with E-state index < -0.39 is 10.0 Å². The summed E-state index contributed by atoms with van der Waals surface area (Å²) in [7, 11) is -3.71. The number of aryl methyl sites for hydroxylation is 2. The average Bonchev–Trinajstić information content (AvgIpc) is 2.93. The summed E-state index contributed by atoms with van der Waals surface area (Å²) in [6.07, 6.45) is 4.37. The first-order valence-electron chi connectivity index (χ1n) is 7.88. The van der Waals surface area contributed by atoms with Crippen molar-refractivity contribution in [3.8, 4) is 0 Å². The summed E-state index contributed by atoms with van der Waals surface area (Å²) in [6.45, 7) is 0. The van der Waals surface area contributed by atoms with E-state index in [4.69, 9.17) is 0 Å². The molecule has 24 heavy (non-hydrogen) atoms. The number of aromatic amines is 2. The Morgan fingerprint density at radius 3 is 2.46 bits per heavy atom. The predicted molar refractivity (Wildman–Crippen MR) is 92.8 cm³/mol. The van der Waals surface area contributed by atoms with Crippen molar-refractivity contribution < 1.29 is 8.42 Å². The predicted octanol–water partition coefficient (Wildman–Crippen LogP) is 2.54. The van der Waals surface area contributed by atoms with Gasteiger partial charge in [-0.1, -0.05) is 6.07 Å². The molecule has 0 spiro atoms. The number of sulfonamides is 1. The van der Waals surface area contributed by atoms with Gasteiger partial charge in [-0.3, -0.25) is 4.72 Å². The molecular formula is C17H17N3O3S. The van der Waals surface area contributed by atoms with Crippen LogP contribution in [0.2, 0.25) is 0 Å². The quantitative estimate of drug-likeness (QED) is 0.682. The number of rotatable bonds is 3. The van der Waals surface area contributed by atoms with E-state index in [1.54, 1.807) is 12.1 Å². The van der Waals surface area contributed by atoms with Gasteiger partial charge in [-0.15, -0.1) is 0 Å². The molecule has 7 heteroatoms. The van der Waals surface area contributed by atoms with E-state index in [2.05, 4.69) is 14.7 Å². The van der Waals surface area contributed by atoms with Crippen LogP contribution in [0.4, 0.5) is 5.69 Å². The molecule has 2 aromatic carbocycles. The third kappa shape index (κ3) is 2.71. The fourth-order valence-corrected chi connectivity index (χ4v) is 4.27. The zero-order chi connectivity index (χ0) is 16.7. The Labute approximate surface area is 139 Å². The van der Waals surface area contributed by atoms with Crippen LogP contribution in [0.1, 0.15) is 24.0 Å². The molecule has 0 aliphatic heterocycles. The average molecular weight is 343 g/mol. The molecule has 0 atom stereocenters. The molecule has 0 bridgehead atoms. The Morgan fingerprint density at radius 2 is 1.62 bits per heavy atom. The summed E-state index contributed by atoms with van der Waals surface area (Å²) in [6, 6.07) is 10.2. The number of benzene rings is 2. The third-order valence-corrected chi connectivity index (χ3v) is 5.78. The van der Waals surface area contributed by atoms with Crippen LogP contribution in [-0.4, -0.2) is 18.4 Å². The van der Waals surface area contributed by atoms with E-state index in [0.29, 0.717) is 16.7 Å². The molecule has 1 heterocycles. The summed E-state index contributed by atoms with van der Waals surface area (Å²) >= 11 is 0. The fourth-order valence-electron chi connectivity index (χ4n) is 3.19. The zero-order valence-electron chi connectivity index (χ0n) is 12.9. The van der Waals surface area contributed by atoms with Crippen LogP contribution in [0.15, 0.2) is 46.1 Å². The van der Waals surface area contributed by atoms with Gasteiger partial charge < -0.3 is 9.97 Å². The number of hydrogen-bond donors (Lipinski definition) is 3. The second kappa shape index (κ2) is 5.52. The molecule has 3 N–H and O–H groups in total. The Hall–Kier alpha value is -2.54. The number of imidazole rings is 1. The molecule has 6 nitrogen and oxygen atoms in total. The van der Waals surface area contributed by atoms with Crippen molar-refractivity contribution in [2.45, 2.75) is 30.6 Å². The maximum absolute atomic E-state index is 12.6. The smallest absolute Gasteiger partial charge is 0.306 e.